The van der Waals surface area contributed by atoms with Crippen molar-refractivity contribution in [3.63, 3.8) is 0 Å². The molecule has 0 spiro atoms. The van der Waals surface area contributed by atoms with E-state index in [1.165, 1.54) is 24.3 Å². The van der Waals surface area contributed by atoms with E-state index in [1.807, 2.05) is 24.6 Å². The highest BCUT2D eigenvalue weighted by Crippen LogP contribution is 2.15. The molecule has 1 N–H and O–H groups in total. The summed E-state index contributed by atoms with van der Waals surface area (Å²) < 4.78 is 25.8. The van der Waals surface area contributed by atoms with Crippen LogP contribution >= 0.6 is 0 Å². The van der Waals surface area contributed by atoms with Gasteiger partial charge in [0.25, 0.3) is 5.91 Å². The molecule has 2 heterocycles. The molecule has 0 bridgehead atoms. The number of nitrogens with zero attached hydrogens (tertiary/aromatic N) is 2. The third-order valence-electron chi connectivity index (χ3n) is 4.02. The molecule has 0 aliphatic rings. The van der Waals surface area contributed by atoms with Crippen LogP contribution in [0.5, 0.6) is 5.75 Å². The summed E-state index contributed by atoms with van der Waals surface area (Å²) in [5.41, 5.74) is 2.10. The Balaban J connectivity index is 1.42. The van der Waals surface area contributed by atoms with Crippen LogP contribution in [0.1, 0.15) is 34.1 Å². The molecule has 0 saturated heterocycles. The quantitative estimate of drug-likeness (QED) is 0.614. The summed E-state index contributed by atoms with van der Waals surface area (Å²) in [7, 11) is 0. The predicted molar refractivity (Wildman–Crippen MR) is 98.1 cm³/mol. The number of amides is 1. The summed E-state index contributed by atoms with van der Waals surface area (Å²) in [4.78, 5) is 12.1. The van der Waals surface area contributed by atoms with Gasteiger partial charge in [-0.05, 0) is 62.7 Å². The maximum Gasteiger partial charge on any atom is 0.286 e. The normalized spacial score (nSPS) is 10.8. The van der Waals surface area contributed by atoms with E-state index in [-0.39, 0.29) is 24.1 Å². The second-order valence-electron chi connectivity index (χ2n) is 6.27. The van der Waals surface area contributed by atoms with Gasteiger partial charge in [-0.1, -0.05) is 0 Å². The zero-order chi connectivity index (χ0) is 19.2. The van der Waals surface area contributed by atoms with Crippen molar-refractivity contribution in [1.82, 2.24) is 15.1 Å². The Labute approximate surface area is 156 Å². The van der Waals surface area contributed by atoms with Crippen molar-refractivity contribution in [3.05, 3.63) is 71.2 Å². The molecule has 0 saturated carbocycles. The zero-order valence-electron chi connectivity index (χ0n) is 15.4. The molecule has 0 unspecified atom stereocenters. The number of rotatable bonds is 8. The first-order chi connectivity index (χ1) is 13.0. The van der Waals surface area contributed by atoms with Gasteiger partial charge in [-0.15, -0.1) is 0 Å². The van der Waals surface area contributed by atoms with E-state index < -0.39 is 0 Å². The molecular formula is C20H22FN3O3. The molecule has 1 aromatic carbocycles. The van der Waals surface area contributed by atoms with Crippen LogP contribution in [0, 0.1) is 19.7 Å². The number of aryl methyl sites for hydroxylation is 3. The van der Waals surface area contributed by atoms with Crippen molar-refractivity contribution in [2.75, 3.05) is 6.54 Å². The highest BCUT2D eigenvalue weighted by molar-refractivity contribution is 5.91. The van der Waals surface area contributed by atoms with Crippen LogP contribution in [0.4, 0.5) is 4.39 Å². The molecule has 3 aromatic rings. The molecule has 0 atom stereocenters. The second kappa shape index (κ2) is 8.53. The van der Waals surface area contributed by atoms with Crippen LogP contribution in [0.15, 0.2) is 46.9 Å². The number of ether oxygens (including phenoxy) is 1. The van der Waals surface area contributed by atoms with Gasteiger partial charge < -0.3 is 14.5 Å². The molecule has 0 fully saturated rings. The molecule has 7 heteroatoms. The van der Waals surface area contributed by atoms with Gasteiger partial charge in [0.15, 0.2) is 5.76 Å². The highest BCUT2D eigenvalue weighted by Gasteiger charge is 2.11. The lowest BCUT2D eigenvalue weighted by molar-refractivity contribution is 0.0920. The molecule has 142 valence electrons. The van der Waals surface area contributed by atoms with Gasteiger partial charge in [-0.2, -0.15) is 5.10 Å². The van der Waals surface area contributed by atoms with Crippen LogP contribution in [-0.2, 0) is 13.2 Å². The number of hydrogen-bond acceptors (Lipinski definition) is 4. The third-order valence-corrected chi connectivity index (χ3v) is 4.02. The monoisotopic (exact) mass is 371 g/mol. The largest absolute Gasteiger partial charge is 0.486 e. The first kappa shape index (κ1) is 18.7. The third kappa shape index (κ3) is 5.20. The maximum atomic E-state index is 12.9. The van der Waals surface area contributed by atoms with Crippen molar-refractivity contribution in [1.29, 1.82) is 0 Å². The fourth-order valence-corrected chi connectivity index (χ4v) is 2.68. The van der Waals surface area contributed by atoms with Gasteiger partial charge in [-0.25, -0.2) is 4.39 Å². The van der Waals surface area contributed by atoms with E-state index in [0.717, 1.165) is 24.4 Å². The number of carbonyl (C=O) groups is 1. The van der Waals surface area contributed by atoms with Crippen molar-refractivity contribution in [2.24, 2.45) is 0 Å². The Morgan fingerprint density at radius 3 is 2.70 bits per heavy atom. The van der Waals surface area contributed by atoms with Crippen LogP contribution in [0.2, 0.25) is 0 Å². The number of benzene rings is 1. The van der Waals surface area contributed by atoms with Crippen LogP contribution in [0.25, 0.3) is 0 Å². The fraction of sp³-hybridized carbons (Fsp3) is 0.300. The molecule has 0 aliphatic heterocycles. The van der Waals surface area contributed by atoms with Crippen molar-refractivity contribution in [3.8, 4) is 5.75 Å². The van der Waals surface area contributed by atoms with E-state index in [0.29, 0.717) is 18.1 Å². The number of aromatic nitrogens is 2. The number of furan rings is 1. The van der Waals surface area contributed by atoms with E-state index in [2.05, 4.69) is 10.4 Å². The standard InChI is InChI=1S/C20H22FN3O3/c1-14-12-15(2)24(23-14)11-3-10-22-20(25)19-9-8-18(27-19)13-26-17-6-4-16(21)5-7-17/h4-9,12H,3,10-11,13H2,1-2H3,(H,22,25). The van der Waals surface area contributed by atoms with Gasteiger partial charge in [0, 0.05) is 18.8 Å². The number of nitrogens with one attached hydrogen (secondary N) is 1. The second-order valence-corrected chi connectivity index (χ2v) is 6.27. The molecule has 0 radical (unpaired) electrons. The van der Waals surface area contributed by atoms with Gasteiger partial charge in [0.1, 0.15) is 23.9 Å². The van der Waals surface area contributed by atoms with E-state index in [9.17, 15) is 9.18 Å². The zero-order valence-corrected chi connectivity index (χ0v) is 15.4. The van der Waals surface area contributed by atoms with E-state index in [1.54, 1.807) is 12.1 Å². The number of carbonyl (C=O) groups excluding carboxylic acids is 1. The van der Waals surface area contributed by atoms with Crippen molar-refractivity contribution in [2.45, 2.75) is 33.4 Å². The molecule has 6 nitrogen and oxygen atoms in total. The molecule has 1 amide bonds. The topological polar surface area (TPSA) is 69.3 Å². The van der Waals surface area contributed by atoms with Crippen LogP contribution < -0.4 is 10.1 Å². The Kier molecular flexibility index (Phi) is 5.90. The van der Waals surface area contributed by atoms with Gasteiger partial charge in [0.05, 0.1) is 5.69 Å². The summed E-state index contributed by atoms with van der Waals surface area (Å²) in [6.45, 7) is 5.40. The van der Waals surface area contributed by atoms with Gasteiger partial charge in [0.2, 0.25) is 0 Å². The predicted octanol–water partition coefficient (Wildman–Crippen LogP) is 3.63. The first-order valence-electron chi connectivity index (χ1n) is 8.77. The lowest BCUT2D eigenvalue weighted by atomic mass is 10.3. The van der Waals surface area contributed by atoms with Gasteiger partial charge in [-0.3, -0.25) is 9.48 Å². The minimum absolute atomic E-state index is 0.164. The smallest absolute Gasteiger partial charge is 0.286 e. The maximum absolute atomic E-state index is 12.9. The number of hydrogen-bond donors (Lipinski definition) is 1. The fourth-order valence-electron chi connectivity index (χ4n) is 2.68. The van der Waals surface area contributed by atoms with Crippen molar-refractivity contribution >= 4 is 5.91 Å². The first-order valence-corrected chi connectivity index (χ1v) is 8.77. The lowest BCUT2D eigenvalue weighted by Gasteiger charge is -2.06. The van der Waals surface area contributed by atoms with Crippen LogP contribution in [-0.4, -0.2) is 22.2 Å². The van der Waals surface area contributed by atoms with Gasteiger partial charge >= 0.3 is 0 Å². The summed E-state index contributed by atoms with van der Waals surface area (Å²) in [6.07, 6.45) is 0.773. The Bertz CT molecular complexity index is 900. The SMILES string of the molecule is Cc1cc(C)n(CCCNC(=O)c2ccc(COc3ccc(F)cc3)o2)n1. The summed E-state index contributed by atoms with van der Waals surface area (Å²) in [5.74, 6) is 0.697. The Hall–Kier alpha value is -3.09. The Morgan fingerprint density at radius 1 is 1.22 bits per heavy atom. The van der Waals surface area contributed by atoms with Crippen molar-refractivity contribution < 1.29 is 18.3 Å². The average Bonchev–Trinajstić information content (AvgIpc) is 3.24. The minimum Gasteiger partial charge on any atom is -0.486 e. The van der Waals surface area contributed by atoms with E-state index in [4.69, 9.17) is 9.15 Å². The lowest BCUT2D eigenvalue weighted by Crippen LogP contribution is -2.25. The summed E-state index contributed by atoms with van der Waals surface area (Å²) >= 11 is 0. The molecule has 0 aliphatic carbocycles. The highest BCUT2D eigenvalue weighted by atomic mass is 19.1. The average molecular weight is 371 g/mol. The molecular weight excluding hydrogens is 349 g/mol. The summed E-state index contributed by atoms with van der Waals surface area (Å²) in [5, 5.41) is 7.22. The van der Waals surface area contributed by atoms with E-state index >= 15 is 0 Å². The molecule has 27 heavy (non-hydrogen) atoms. The Morgan fingerprint density at radius 2 is 2.00 bits per heavy atom. The molecule has 2 aromatic heterocycles. The number of halogens is 1. The minimum atomic E-state index is -0.322. The molecule has 3 rings (SSSR count). The summed E-state index contributed by atoms with van der Waals surface area (Å²) in [6, 6.07) is 11.0. The van der Waals surface area contributed by atoms with Crippen LogP contribution in [0.3, 0.4) is 0 Å².